The molecule has 1 rings (SSSR count). The predicted molar refractivity (Wildman–Crippen MR) is 114 cm³/mol. The Balaban J connectivity index is -0.000000362. The molecule has 3 nitrogen and oxygen atoms in total. The summed E-state index contributed by atoms with van der Waals surface area (Å²) in [5, 5.41) is 28.6. The van der Waals surface area contributed by atoms with E-state index in [9.17, 15) is 15.3 Å². The van der Waals surface area contributed by atoms with Gasteiger partial charge in [0.2, 0.25) is 0 Å². The number of hydrogen-bond acceptors (Lipinski definition) is 3. The van der Waals surface area contributed by atoms with E-state index in [-0.39, 0.29) is 0 Å². The van der Waals surface area contributed by atoms with Crippen LogP contribution in [0, 0.1) is 0 Å². The molecular formula is C20H44O3Si2Ti. The second-order valence-electron chi connectivity index (χ2n) is 9.35. The van der Waals surface area contributed by atoms with Crippen LogP contribution in [0.4, 0.5) is 0 Å². The molecule has 0 bridgehead atoms. The maximum absolute atomic E-state index is 9.53. The van der Waals surface area contributed by atoms with E-state index in [0.29, 0.717) is 0 Å². The quantitative estimate of drug-likeness (QED) is 0.637. The fourth-order valence-electron chi connectivity index (χ4n) is 2.72. The number of allylic oxidation sites excluding steroid dienone is 4. The summed E-state index contributed by atoms with van der Waals surface area (Å²) in [6.07, 6.45) is 7.13. The zero-order valence-corrected chi connectivity index (χ0v) is 23.0. The summed E-state index contributed by atoms with van der Waals surface area (Å²) in [4.78, 5) is 0. The molecule has 0 aromatic rings. The molecule has 0 aromatic carbocycles. The Morgan fingerprint density at radius 1 is 0.731 bits per heavy atom. The predicted octanol–water partition coefficient (Wildman–Crippen LogP) is 3.38. The molecule has 0 saturated heterocycles. The van der Waals surface area contributed by atoms with Gasteiger partial charge in [0.25, 0.3) is 0 Å². The van der Waals surface area contributed by atoms with Crippen LogP contribution in [0.15, 0.2) is 22.1 Å². The first-order valence-corrected chi connectivity index (χ1v) is 22.1. The summed E-state index contributed by atoms with van der Waals surface area (Å²) >= 11 is -0.894. The second kappa shape index (κ2) is 15.4. The van der Waals surface area contributed by atoms with Crippen LogP contribution in [0.2, 0.25) is 39.3 Å². The molecule has 0 amide bonds. The summed E-state index contributed by atoms with van der Waals surface area (Å²) in [6, 6.07) is 0. The van der Waals surface area contributed by atoms with Crippen molar-refractivity contribution in [2.75, 3.05) is 0 Å². The number of rotatable bonds is 3. The van der Waals surface area contributed by atoms with E-state index in [4.69, 9.17) is 0 Å². The van der Waals surface area contributed by atoms with Gasteiger partial charge in [-0.25, -0.2) is 0 Å². The molecule has 0 radical (unpaired) electrons. The molecular weight excluding hydrogens is 392 g/mol. The molecule has 0 fully saturated rings. The van der Waals surface area contributed by atoms with Gasteiger partial charge in [-0.15, -0.1) is 18.3 Å². The van der Waals surface area contributed by atoms with Crippen molar-refractivity contribution < 1.29 is 31.7 Å². The Morgan fingerprint density at radius 3 is 1.15 bits per heavy atom. The Labute approximate surface area is 170 Å². The second-order valence-corrected chi connectivity index (χ2v) is 40.8. The molecule has 0 saturated carbocycles. The van der Waals surface area contributed by atoms with Crippen LogP contribution >= 0.6 is 0 Å². The van der Waals surface area contributed by atoms with Crippen molar-refractivity contribution in [3.63, 3.8) is 0 Å². The molecule has 1 aliphatic rings. The molecule has 26 heavy (non-hydrogen) atoms. The topological polar surface area (TPSA) is 69.2 Å². The first-order chi connectivity index (χ1) is 11.4. The molecule has 1 aliphatic carbocycles. The molecule has 0 aliphatic heterocycles. The molecule has 6 heteroatoms. The van der Waals surface area contributed by atoms with Gasteiger partial charge in [-0.3, -0.25) is 0 Å². The van der Waals surface area contributed by atoms with E-state index < -0.39 is 46.6 Å². The minimum absolute atomic E-state index is 0.417. The third-order valence-corrected chi connectivity index (χ3v) is 42.4. The Hall–Kier alpha value is 0.508. The molecule has 0 unspecified atom stereocenters. The van der Waals surface area contributed by atoms with E-state index in [0.717, 1.165) is 0 Å². The van der Waals surface area contributed by atoms with E-state index in [1.807, 2.05) is 3.88 Å². The molecule has 0 atom stereocenters. The van der Waals surface area contributed by atoms with Crippen molar-refractivity contribution in [2.24, 2.45) is 0 Å². The summed E-state index contributed by atoms with van der Waals surface area (Å²) in [7, 11) is 0. The van der Waals surface area contributed by atoms with Crippen LogP contribution in [0.3, 0.4) is 0 Å². The summed E-state index contributed by atoms with van der Waals surface area (Å²) in [5.74, 6) is -1.73. The van der Waals surface area contributed by atoms with E-state index >= 15 is 0 Å². The van der Waals surface area contributed by atoms with Crippen molar-refractivity contribution in [1.82, 2.24) is 0 Å². The molecule has 0 aromatic heterocycles. The first kappa shape index (κ1) is 31.2. The van der Waals surface area contributed by atoms with Gasteiger partial charge < -0.3 is 15.3 Å². The normalized spacial score (nSPS) is 13.0. The van der Waals surface area contributed by atoms with Crippen LogP contribution in [0.25, 0.3) is 0 Å². The fourth-order valence-corrected chi connectivity index (χ4v) is 56.7. The summed E-state index contributed by atoms with van der Waals surface area (Å²) < 4.78 is 1.89. The average molecular weight is 437 g/mol. The monoisotopic (exact) mass is 436 g/mol. The zero-order chi connectivity index (χ0) is 21.7. The minimum atomic E-state index is -0.894. The van der Waals surface area contributed by atoms with Gasteiger partial charge in [-0.1, -0.05) is 41.5 Å². The first-order valence-electron chi connectivity index (χ1n) is 9.64. The van der Waals surface area contributed by atoms with Gasteiger partial charge in [0.1, 0.15) is 0 Å². The SMILES string of the molecule is CC(C)[O-].CC(C)[O-].CC(C)[O-].C[Si](C)(C)[Ti+3]([C]1=CC=CC1)[Si](C)(C)C. The number of hydrogen-bond donors (Lipinski definition) is 0. The Morgan fingerprint density at radius 2 is 1.00 bits per heavy atom. The van der Waals surface area contributed by atoms with Gasteiger partial charge in [0, 0.05) is 0 Å². The van der Waals surface area contributed by atoms with Gasteiger partial charge in [-0.2, -0.15) is 0 Å². The van der Waals surface area contributed by atoms with Crippen molar-refractivity contribution in [3.05, 3.63) is 22.1 Å². The van der Waals surface area contributed by atoms with Crippen LogP contribution in [-0.4, -0.2) is 30.2 Å². The van der Waals surface area contributed by atoms with Gasteiger partial charge in [0.15, 0.2) is 0 Å². The van der Waals surface area contributed by atoms with Crippen LogP contribution in [0.1, 0.15) is 48.0 Å². The van der Waals surface area contributed by atoms with Crippen LogP contribution in [-0.2, 0) is 16.4 Å². The van der Waals surface area contributed by atoms with Gasteiger partial charge in [0.05, 0.1) is 0 Å². The molecule has 0 heterocycles. The van der Waals surface area contributed by atoms with E-state index in [1.165, 1.54) is 6.42 Å². The summed E-state index contributed by atoms with van der Waals surface area (Å²) in [6.45, 7) is 25.2. The van der Waals surface area contributed by atoms with Gasteiger partial charge in [-0.05, 0) is 0 Å². The van der Waals surface area contributed by atoms with Crippen LogP contribution in [0.5, 0.6) is 0 Å². The Kier molecular flexibility index (Phi) is 18.5. The maximum atomic E-state index is 9.53. The average Bonchev–Trinajstić information content (AvgIpc) is 2.74. The molecule has 154 valence electrons. The van der Waals surface area contributed by atoms with Crippen LogP contribution < -0.4 is 15.3 Å². The van der Waals surface area contributed by atoms with Crippen molar-refractivity contribution >= 4 is 11.9 Å². The molecule has 0 spiro atoms. The van der Waals surface area contributed by atoms with Gasteiger partial charge >= 0.3 is 96.1 Å². The fraction of sp³-hybridized carbons (Fsp3) is 0.800. The van der Waals surface area contributed by atoms with Crippen molar-refractivity contribution in [1.29, 1.82) is 0 Å². The van der Waals surface area contributed by atoms with E-state index in [1.54, 1.807) is 41.5 Å². The van der Waals surface area contributed by atoms with Crippen molar-refractivity contribution in [3.8, 4) is 0 Å². The van der Waals surface area contributed by atoms with Crippen molar-refractivity contribution in [2.45, 2.75) is 106 Å². The third kappa shape index (κ3) is 24.5. The Bertz CT molecular complexity index is 356. The third-order valence-electron chi connectivity index (χ3n) is 2.59. The van der Waals surface area contributed by atoms with E-state index in [2.05, 4.69) is 57.5 Å². The summed E-state index contributed by atoms with van der Waals surface area (Å²) in [5.41, 5.74) is 0. The molecule has 0 N–H and O–H groups in total. The zero-order valence-electron chi connectivity index (χ0n) is 19.4. The standard InChI is InChI=1S/C5H5.3C3H7O.2C3H9Si.Ti/c1-2-4-5-3-1;3*1-3(2)4;2*1-4(2)3;/h1-3H,4H2;3*3H,1-2H3;2*1-3H3;/q;3*-1;;;+3.